The molecule has 6 nitrogen and oxygen atoms in total. The summed E-state index contributed by atoms with van der Waals surface area (Å²) in [6.45, 7) is 3.89. The van der Waals surface area contributed by atoms with E-state index in [9.17, 15) is 19.3 Å². The van der Waals surface area contributed by atoms with Gasteiger partial charge in [-0.2, -0.15) is 0 Å². The number of nitro benzene ring substituents is 1. The van der Waals surface area contributed by atoms with Crippen molar-refractivity contribution in [3.63, 3.8) is 0 Å². The van der Waals surface area contributed by atoms with E-state index in [1.54, 1.807) is 12.1 Å². The maximum absolute atomic E-state index is 13.3. The SMILES string of the molecule is O=C(CCN1CCN(c2ccc([N+](=O)[O-])cc2)CC1)c1ccc(F)c(Br)c1. The van der Waals surface area contributed by atoms with Gasteiger partial charge in [0.2, 0.25) is 0 Å². The quantitative estimate of drug-likeness (QED) is 0.391. The van der Waals surface area contributed by atoms with Crippen molar-refractivity contribution in [1.82, 2.24) is 4.90 Å². The molecule has 1 heterocycles. The minimum absolute atomic E-state index is 0.00602. The van der Waals surface area contributed by atoms with Crippen LogP contribution in [0.2, 0.25) is 0 Å². The maximum Gasteiger partial charge on any atom is 0.269 e. The summed E-state index contributed by atoms with van der Waals surface area (Å²) in [5.41, 5.74) is 1.56. The Morgan fingerprint density at radius 1 is 1.11 bits per heavy atom. The molecule has 1 aliphatic rings. The van der Waals surface area contributed by atoms with Gasteiger partial charge in [0.05, 0.1) is 9.40 Å². The highest BCUT2D eigenvalue weighted by atomic mass is 79.9. The van der Waals surface area contributed by atoms with Crippen molar-refractivity contribution in [3.8, 4) is 0 Å². The molecule has 8 heteroatoms. The van der Waals surface area contributed by atoms with E-state index in [0.29, 0.717) is 23.0 Å². The number of carbonyl (C=O) groups is 1. The Kier molecular flexibility index (Phi) is 6.18. The van der Waals surface area contributed by atoms with Crippen LogP contribution in [0.1, 0.15) is 16.8 Å². The van der Waals surface area contributed by atoms with Crippen molar-refractivity contribution < 1.29 is 14.1 Å². The van der Waals surface area contributed by atoms with Crippen molar-refractivity contribution in [1.29, 1.82) is 0 Å². The Morgan fingerprint density at radius 2 is 1.78 bits per heavy atom. The Hall–Kier alpha value is -2.32. The molecule has 2 aromatic rings. The first-order valence-electron chi connectivity index (χ1n) is 8.64. The molecule has 0 bridgehead atoms. The third kappa shape index (κ3) is 4.90. The number of non-ortho nitro benzene ring substituents is 1. The molecule has 2 aromatic carbocycles. The van der Waals surface area contributed by atoms with E-state index in [-0.39, 0.29) is 17.3 Å². The number of carbonyl (C=O) groups excluding carboxylic acids is 1. The van der Waals surface area contributed by atoms with Gasteiger partial charge >= 0.3 is 0 Å². The number of Topliss-reactive ketones (excluding diaryl/α,β-unsaturated/α-hetero) is 1. The normalized spacial score (nSPS) is 15.0. The monoisotopic (exact) mass is 435 g/mol. The number of nitrogens with zero attached hydrogens (tertiary/aromatic N) is 3. The van der Waals surface area contributed by atoms with Gasteiger partial charge in [0.25, 0.3) is 5.69 Å². The van der Waals surface area contributed by atoms with Gasteiger partial charge in [-0.1, -0.05) is 0 Å². The molecule has 1 aliphatic heterocycles. The van der Waals surface area contributed by atoms with Crippen LogP contribution in [0.25, 0.3) is 0 Å². The molecule has 1 fully saturated rings. The molecular formula is C19H19BrFN3O3. The van der Waals surface area contributed by atoms with Gasteiger partial charge in [-0.15, -0.1) is 0 Å². The number of nitro groups is 1. The number of halogens is 2. The summed E-state index contributed by atoms with van der Waals surface area (Å²) in [4.78, 5) is 27.0. The average Bonchev–Trinajstić information content (AvgIpc) is 2.68. The Balaban J connectivity index is 1.48. The van der Waals surface area contributed by atoms with E-state index in [1.165, 1.54) is 30.3 Å². The fraction of sp³-hybridized carbons (Fsp3) is 0.316. The van der Waals surface area contributed by atoms with Gasteiger partial charge in [0.1, 0.15) is 5.82 Å². The molecule has 142 valence electrons. The minimum Gasteiger partial charge on any atom is -0.369 e. The highest BCUT2D eigenvalue weighted by Crippen LogP contribution is 2.21. The van der Waals surface area contributed by atoms with Gasteiger partial charge < -0.3 is 4.90 Å². The number of ketones is 1. The molecule has 0 spiro atoms. The number of piperazine rings is 1. The summed E-state index contributed by atoms with van der Waals surface area (Å²) < 4.78 is 13.6. The number of rotatable bonds is 6. The Morgan fingerprint density at radius 3 is 2.37 bits per heavy atom. The molecule has 0 aromatic heterocycles. The number of benzene rings is 2. The van der Waals surface area contributed by atoms with Gasteiger partial charge in [-0.3, -0.25) is 19.8 Å². The van der Waals surface area contributed by atoms with Gasteiger partial charge in [-0.25, -0.2) is 4.39 Å². The van der Waals surface area contributed by atoms with Crippen LogP contribution in [0.15, 0.2) is 46.9 Å². The van der Waals surface area contributed by atoms with Crippen LogP contribution in [-0.4, -0.2) is 48.3 Å². The summed E-state index contributed by atoms with van der Waals surface area (Å²) in [5, 5.41) is 10.7. The fourth-order valence-corrected chi connectivity index (χ4v) is 3.47. The van der Waals surface area contributed by atoms with Gasteiger partial charge in [-0.05, 0) is 46.3 Å². The molecule has 0 radical (unpaired) electrons. The summed E-state index contributed by atoms with van der Waals surface area (Å²) in [6.07, 6.45) is 0.385. The lowest BCUT2D eigenvalue weighted by molar-refractivity contribution is -0.384. The lowest BCUT2D eigenvalue weighted by Gasteiger charge is -2.36. The topological polar surface area (TPSA) is 66.7 Å². The van der Waals surface area contributed by atoms with Crippen molar-refractivity contribution in [2.24, 2.45) is 0 Å². The van der Waals surface area contributed by atoms with E-state index in [0.717, 1.165) is 31.9 Å². The summed E-state index contributed by atoms with van der Waals surface area (Å²) in [5.74, 6) is -0.387. The molecule has 3 rings (SSSR count). The molecule has 27 heavy (non-hydrogen) atoms. The van der Waals surface area contributed by atoms with Crippen molar-refractivity contribution in [2.75, 3.05) is 37.6 Å². The second-order valence-corrected chi connectivity index (χ2v) is 7.26. The highest BCUT2D eigenvalue weighted by molar-refractivity contribution is 9.10. The number of anilines is 1. The van der Waals surface area contributed by atoms with Crippen LogP contribution < -0.4 is 4.90 Å². The van der Waals surface area contributed by atoms with Crippen molar-refractivity contribution in [3.05, 3.63) is 68.4 Å². The van der Waals surface area contributed by atoms with E-state index < -0.39 is 4.92 Å². The van der Waals surface area contributed by atoms with Crippen LogP contribution in [0.5, 0.6) is 0 Å². The fourth-order valence-electron chi connectivity index (χ4n) is 3.09. The van der Waals surface area contributed by atoms with Crippen molar-refractivity contribution in [2.45, 2.75) is 6.42 Å². The summed E-state index contributed by atoms with van der Waals surface area (Å²) in [6, 6.07) is 10.9. The largest absolute Gasteiger partial charge is 0.369 e. The molecule has 0 amide bonds. The van der Waals surface area contributed by atoms with Crippen LogP contribution in [0.4, 0.5) is 15.8 Å². The second kappa shape index (κ2) is 8.58. The lowest BCUT2D eigenvalue weighted by atomic mass is 10.1. The van der Waals surface area contributed by atoms with Crippen molar-refractivity contribution >= 4 is 33.1 Å². The summed E-state index contributed by atoms with van der Waals surface area (Å²) in [7, 11) is 0. The predicted octanol–water partition coefficient (Wildman–Crippen LogP) is 3.89. The van der Waals surface area contributed by atoms with E-state index in [4.69, 9.17) is 0 Å². The maximum atomic E-state index is 13.3. The molecular weight excluding hydrogens is 417 g/mol. The standard InChI is InChI=1S/C19H19BrFN3O3/c20-17-13-14(1-6-18(17)21)19(25)7-8-22-9-11-23(12-10-22)15-2-4-16(5-3-15)24(26)27/h1-6,13H,7-12H2. The first-order valence-corrected chi connectivity index (χ1v) is 9.43. The molecule has 1 saturated heterocycles. The zero-order valence-corrected chi connectivity index (χ0v) is 16.2. The van der Waals surface area contributed by atoms with Crippen LogP contribution >= 0.6 is 15.9 Å². The minimum atomic E-state index is -0.404. The molecule has 0 saturated carbocycles. The van der Waals surface area contributed by atoms with Crippen LogP contribution in [-0.2, 0) is 0 Å². The lowest BCUT2D eigenvalue weighted by Crippen LogP contribution is -2.46. The zero-order valence-electron chi connectivity index (χ0n) is 14.6. The number of hydrogen-bond donors (Lipinski definition) is 0. The predicted molar refractivity (Wildman–Crippen MR) is 105 cm³/mol. The third-order valence-corrected chi connectivity index (χ3v) is 5.30. The van der Waals surface area contributed by atoms with Crippen LogP contribution in [0, 0.1) is 15.9 Å². The highest BCUT2D eigenvalue weighted by Gasteiger charge is 2.19. The summed E-state index contributed by atoms with van der Waals surface area (Å²) >= 11 is 3.10. The van der Waals surface area contributed by atoms with Gasteiger partial charge in [0, 0.05) is 62.5 Å². The molecule has 0 N–H and O–H groups in total. The smallest absolute Gasteiger partial charge is 0.269 e. The molecule has 0 unspecified atom stereocenters. The van der Waals surface area contributed by atoms with Gasteiger partial charge in [0.15, 0.2) is 5.78 Å². The molecule has 0 atom stereocenters. The average molecular weight is 436 g/mol. The third-order valence-electron chi connectivity index (χ3n) is 4.69. The van der Waals surface area contributed by atoms with Crippen LogP contribution in [0.3, 0.4) is 0 Å². The zero-order chi connectivity index (χ0) is 19.4. The van der Waals surface area contributed by atoms with E-state index >= 15 is 0 Å². The molecule has 0 aliphatic carbocycles. The Labute approximate surface area is 164 Å². The second-order valence-electron chi connectivity index (χ2n) is 6.40. The first kappa shape index (κ1) is 19.4. The number of hydrogen-bond acceptors (Lipinski definition) is 5. The van der Waals surface area contributed by atoms with E-state index in [1.807, 2.05) is 0 Å². The van der Waals surface area contributed by atoms with E-state index in [2.05, 4.69) is 25.7 Å². The first-order chi connectivity index (χ1) is 12.9. The Bertz CT molecular complexity index is 837.